The van der Waals surface area contributed by atoms with Crippen molar-refractivity contribution in [3.05, 3.63) is 29.8 Å². The molecule has 3 amide bonds. The van der Waals surface area contributed by atoms with Crippen LogP contribution >= 0.6 is 0 Å². The lowest BCUT2D eigenvalue weighted by Gasteiger charge is -2.31. The van der Waals surface area contributed by atoms with Gasteiger partial charge in [0.15, 0.2) is 0 Å². The summed E-state index contributed by atoms with van der Waals surface area (Å²) in [6.45, 7) is 6.39. The zero-order chi connectivity index (χ0) is 18.1. The number of nitrogen functional groups attached to an aromatic ring is 1. The van der Waals surface area contributed by atoms with Gasteiger partial charge < -0.3 is 21.7 Å². The highest BCUT2D eigenvalue weighted by Gasteiger charge is 2.28. The summed E-state index contributed by atoms with van der Waals surface area (Å²) >= 11 is 0. The van der Waals surface area contributed by atoms with Gasteiger partial charge in [0.25, 0.3) is 0 Å². The molecular weight excluding hydrogens is 304 g/mol. The number of rotatable bonds is 9. The van der Waals surface area contributed by atoms with Crippen LogP contribution in [0.3, 0.4) is 0 Å². The van der Waals surface area contributed by atoms with E-state index in [4.69, 9.17) is 11.5 Å². The average molecular weight is 334 g/mol. The lowest BCUT2D eigenvalue weighted by Crippen LogP contribution is -2.54. The SMILES string of the molecule is CCCCCN(C(=O)NC(C)C)[C@@H](Cc1ccc(N)cc1)C(N)=O. The van der Waals surface area contributed by atoms with Crippen molar-refractivity contribution < 1.29 is 9.59 Å². The second-order valence-corrected chi connectivity index (χ2v) is 6.37. The van der Waals surface area contributed by atoms with E-state index < -0.39 is 11.9 Å². The number of primary amides is 1. The zero-order valence-electron chi connectivity index (χ0n) is 14.9. The van der Waals surface area contributed by atoms with Crippen molar-refractivity contribution in [2.24, 2.45) is 5.73 Å². The number of carbonyl (C=O) groups excluding carboxylic acids is 2. The van der Waals surface area contributed by atoms with Crippen LogP contribution in [0.15, 0.2) is 24.3 Å². The van der Waals surface area contributed by atoms with Gasteiger partial charge in [-0.05, 0) is 38.0 Å². The molecule has 0 aliphatic rings. The first-order valence-electron chi connectivity index (χ1n) is 8.56. The van der Waals surface area contributed by atoms with Crippen LogP contribution < -0.4 is 16.8 Å². The van der Waals surface area contributed by atoms with Crippen molar-refractivity contribution in [2.75, 3.05) is 12.3 Å². The van der Waals surface area contributed by atoms with E-state index in [0.717, 1.165) is 24.8 Å². The molecule has 0 aromatic heterocycles. The Hall–Kier alpha value is -2.24. The first-order chi connectivity index (χ1) is 11.3. The van der Waals surface area contributed by atoms with Crippen molar-refractivity contribution >= 4 is 17.6 Å². The Morgan fingerprint density at radius 1 is 1.17 bits per heavy atom. The summed E-state index contributed by atoms with van der Waals surface area (Å²) < 4.78 is 0. The number of benzene rings is 1. The van der Waals surface area contributed by atoms with Gasteiger partial charge in [-0.2, -0.15) is 0 Å². The number of amides is 3. The monoisotopic (exact) mass is 334 g/mol. The van der Waals surface area contributed by atoms with E-state index in [9.17, 15) is 9.59 Å². The lowest BCUT2D eigenvalue weighted by molar-refractivity contribution is -0.122. The van der Waals surface area contributed by atoms with Gasteiger partial charge in [-0.25, -0.2) is 4.79 Å². The van der Waals surface area contributed by atoms with Crippen LogP contribution in [0, 0.1) is 0 Å². The summed E-state index contributed by atoms with van der Waals surface area (Å²) in [6.07, 6.45) is 3.26. The van der Waals surface area contributed by atoms with E-state index in [1.807, 2.05) is 26.0 Å². The topological polar surface area (TPSA) is 101 Å². The van der Waals surface area contributed by atoms with Gasteiger partial charge in [-0.1, -0.05) is 31.9 Å². The highest BCUT2D eigenvalue weighted by molar-refractivity contribution is 5.86. The molecule has 5 N–H and O–H groups in total. The number of carbonyl (C=O) groups is 2. The van der Waals surface area contributed by atoms with E-state index in [2.05, 4.69) is 12.2 Å². The number of nitrogens with one attached hydrogen (secondary N) is 1. The fourth-order valence-corrected chi connectivity index (χ4v) is 2.50. The Morgan fingerprint density at radius 3 is 2.29 bits per heavy atom. The molecule has 0 fully saturated rings. The Kier molecular flexibility index (Phi) is 8.09. The lowest BCUT2D eigenvalue weighted by atomic mass is 10.0. The zero-order valence-corrected chi connectivity index (χ0v) is 14.9. The standard InChI is InChI=1S/C18H30N4O2/c1-4-5-6-11-22(18(24)21-13(2)3)16(17(20)23)12-14-7-9-15(19)10-8-14/h7-10,13,16H,4-6,11-12,19H2,1-3H3,(H2,20,23)(H,21,24)/t16-/m0/s1. The second-order valence-electron chi connectivity index (χ2n) is 6.37. The third-order valence-electron chi connectivity index (χ3n) is 3.79. The molecule has 0 radical (unpaired) electrons. The van der Waals surface area contributed by atoms with Crippen LogP contribution in [0.4, 0.5) is 10.5 Å². The fraction of sp³-hybridized carbons (Fsp3) is 0.556. The van der Waals surface area contributed by atoms with Crippen molar-refractivity contribution in [1.29, 1.82) is 0 Å². The molecule has 0 saturated heterocycles. The van der Waals surface area contributed by atoms with Gasteiger partial charge in [0, 0.05) is 24.7 Å². The van der Waals surface area contributed by atoms with Crippen LogP contribution in [-0.2, 0) is 11.2 Å². The maximum atomic E-state index is 12.5. The molecule has 6 heteroatoms. The van der Waals surface area contributed by atoms with Gasteiger partial charge in [0.1, 0.15) is 6.04 Å². The number of anilines is 1. The molecular formula is C18H30N4O2. The number of urea groups is 1. The maximum absolute atomic E-state index is 12.5. The van der Waals surface area contributed by atoms with Crippen molar-refractivity contribution in [1.82, 2.24) is 10.2 Å². The minimum absolute atomic E-state index is 0.00350. The average Bonchev–Trinajstić information content (AvgIpc) is 2.50. The first-order valence-corrected chi connectivity index (χ1v) is 8.56. The van der Waals surface area contributed by atoms with Crippen LogP contribution in [0.5, 0.6) is 0 Å². The smallest absolute Gasteiger partial charge is 0.318 e. The largest absolute Gasteiger partial charge is 0.399 e. The molecule has 0 bridgehead atoms. The number of nitrogens with zero attached hydrogens (tertiary/aromatic N) is 1. The fourth-order valence-electron chi connectivity index (χ4n) is 2.50. The van der Waals surface area contributed by atoms with Crippen LogP contribution in [0.25, 0.3) is 0 Å². The third kappa shape index (κ3) is 6.48. The molecule has 1 rings (SSSR count). The molecule has 0 unspecified atom stereocenters. The molecule has 1 aromatic rings. The number of hydrogen-bond donors (Lipinski definition) is 3. The molecule has 1 atom stereocenters. The van der Waals surface area contributed by atoms with Crippen LogP contribution in [0.2, 0.25) is 0 Å². The predicted molar refractivity (Wildman–Crippen MR) is 97.4 cm³/mol. The van der Waals surface area contributed by atoms with Crippen molar-refractivity contribution in [2.45, 2.75) is 58.5 Å². The summed E-state index contributed by atoms with van der Waals surface area (Å²) in [5.74, 6) is -0.498. The molecule has 0 aliphatic carbocycles. The summed E-state index contributed by atoms with van der Waals surface area (Å²) in [5.41, 5.74) is 12.9. The number of unbranched alkanes of at least 4 members (excludes halogenated alkanes) is 2. The quantitative estimate of drug-likeness (QED) is 0.477. The van der Waals surface area contributed by atoms with E-state index in [1.54, 1.807) is 17.0 Å². The minimum atomic E-state index is -0.677. The number of hydrogen-bond acceptors (Lipinski definition) is 3. The van der Waals surface area contributed by atoms with E-state index >= 15 is 0 Å². The van der Waals surface area contributed by atoms with Crippen LogP contribution in [0.1, 0.15) is 45.6 Å². The molecule has 0 spiro atoms. The van der Waals surface area contributed by atoms with Gasteiger partial charge >= 0.3 is 6.03 Å². The number of nitrogens with two attached hydrogens (primary N) is 2. The van der Waals surface area contributed by atoms with Crippen molar-refractivity contribution in [3.8, 4) is 0 Å². The minimum Gasteiger partial charge on any atom is -0.399 e. The Labute approximate surface area is 144 Å². The van der Waals surface area contributed by atoms with Gasteiger partial charge in [0.2, 0.25) is 5.91 Å². The van der Waals surface area contributed by atoms with Gasteiger partial charge in [-0.15, -0.1) is 0 Å². The predicted octanol–water partition coefficient (Wildman–Crippen LogP) is 2.28. The Balaban J connectivity index is 2.95. The molecule has 0 heterocycles. The molecule has 0 saturated carbocycles. The van der Waals surface area contributed by atoms with Crippen molar-refractivity contribution in [3.63, 3.8) is 0 Å². The Morgan fingerprint density at radius 2 is 1.79 bits per heavy atom. The van der Waals surface area contributed by atoms with E-state index in [0.29, 0.717) is 18.7 Å². The molecule has 24 heavy (non-hydrogen) atoms. The highest BCUT2D eigenvalue weighted by atomic mass is 16.2. The van der Waals surface area contributed by atoms with Gasteiger partial charge in [0.05, 0.1) is 0 Å². The van der Waals surface area contributed by atoms with E-state index in [1.165, 1.54) is 0 Å². The summed E-state index contributed by atoms with van der Waals surface area (Å²) in [4.78, 5) is 26.1. The normalized spacial score (nSPS) is 12.0. The van der Waals surface area contributed by atoms with Gasteiger partial charge in [-0.3, -0.25) is 4.79 Å². The first kappa shape index (κ1) is 19.8. The highest BCUT2D eigenvalue weighted by Crippen LogP contribution is 2.13. The van der Waals surface area contributed by atoms with E-state index in [-0.39, 0.29) is 12.1 Å². The second kappa shape index (κ2) is 9.80. The molecule has 0 aliphatic heterocycles. The molecule has 134 valence electrons. The molecule has 6 nitrogen and oxygen atoms in total. The van der Waals surface area contributed by atoms with Crippen LogP contribution in [-0.4, -0.2) is 35.5 Å². The summed E-state index contributed by atoms with van der Waals surface area (Å²) in [6, 6.07) is 6.35. The maximum Gasteiger partial charge on any atom is 0.318 e. The summed E-state index contributed by atoms with van der Waals surface area (Å²) in [5, 5.41) is 2.86. The third-order valence-corrected chi connectivity index (χ3v) is 3.79. The molecule has 1 aromatic carbocycles. The Bertz CT molecular complexity index is 528. The summed E-state index contributed by atoms with van der Waals surface area (Å²) in [7, 11) is 0.